The van der Waals surface area contributed by atoms with Gasteiger partial charge in [0, 0.05) is 24.1 Å². The molecule has 1 heteroatoms. The Morgan fingerprint density at radius 1 is 1.00 bits per heavy atom. The minimum Gasteiger partial charge on any atom is -0.350 e. The second-order valence-electron chi connectivity index (χ2n) is 3.14. The Kier molecular flexibility index (Phi) is 7.36. The first-order chi connectivity index (χ1) is 7.83. The highest BCUT2D eigenvalue weighted by atomic mass is 14.9. The van der Waals surface area contributed by atoms with Crippen molar-refractivity contribution in [2.24, 2.45) is 7.05 Å². The first kappa shape index (κ1) is 14.8. The zero-order valence-electron chi connectivity index (χ0n) is 11.5. The van der Waals surface area contributed by atoms with Crippen molar-refractivity contribution in [1.82, 2.24) is 4.57 Å². The summed E-state index contributed by atoms with van der Waals surface area (Å²) in [6.07, 6.45) is 3.33. The van der Waals surface area contributed by atoms with Crippen LogP contribution in [0.1, 0.15) is 40.2 Å². The van der Waals surface area contributed by atoms with Gasteiger partial charge in [-0.3, -0.25) is 0 Å². The van der Waals surface area contributed by atoms with Crippen molar-refractivity contribution in [3.8, 4) is 0 Å². The van der Waals surface area contributed by atoms with Crippen LogP contribution in [0.4, 0.5) is 0 Å². The van der Waals surface area contributed by atoms with Gasteiger partial charge >= 0.3 is 0 Å². The fraction of sp³-hybridized carbons (Fsp3) is 0.467. The Bertz CT molecular complexity index is 399. The number of benzene rings is 1. The van der Waals surface area contributed by atoms with Gasteiger partial charge in [-0.1, -0.05) is 52.8 Å². The van der Waals surface area contributed by atoms with Crippen LogP contribution >= 0.6 is 0 Å². The first-order valence-electron chi connectivity index (χ1n) is 6.36. The molecule has 90 valence electrons. The van der Waals surface area contributed by atoms with Crippen LogP contribution < -0.4 is 0 Å². The zero-order chi connectivity index (χ0) is 12.6. The fourth-order valence-electron chi connectivity index (χ4n) is 1.71. The molecule has 1 nitrogen and oxygen atoms in total. The summed E-state index contributed by atoms with van der Waals surface area (Å²) in [5, 5.41) is 1.39. The van der Waals surface area contributed by atoms with E-state index in [4.69, 9.17) is 0 Å². The Balaban J connectivity index is 0.000000509. The van der Waals surface area contributed by atoms with Gasteiger partial charge in [-0.15, -0.1) is 0 Å². The van der Waals surface area contributed by atoms with E-state index >= 15 is 0 Å². The summed E-state index contributed by atoms with van der Waals surface area (Å²) in [6.45, 7) is 10.2. The van der Waals surface area contributed by atoms with Crippen LogP contribution in [0.5, 0.6) is 0 Å². The van der Waals surface area contributed by atoms with E-state index in [2.05, 4.69) is 49.0 Å². The highest BCUT2D eigenvalue weighted by molar-refractivity contribution is 5.83. The van der Waals surface area contributed by atoms with E-state index in [1.807, 2.05) is 27.7 Å². The largest absolute Gasteiger partial charge is 0.350 e. The molecule has 0 atom stereocenters. The molecular weight excluding hydrogens is 194 g/mol. The summed E-state index contributed by atoms with van der Waals surface area (Å²) < 4.78 is 2.19. The lowest BCUT2D eigenvalue weighted by Gasteiger charge is -1.93. The summed E-state index contributed by atoms with van der Waals surface area (Å²) in [6, 6.07) is 8.53. The van der Waals surface area contributed by atoms with E-state index in [1.54, 1.807) is 0 Å². The van der Waals surface area contributed by atoms with Gasteiger partial charge in [0.1, 0.15) is 0 Å². The number of hydrogen-bond donors (Lipinski definition) is 0. The molecule has 0 aliphatic rings. The van der Waals surface area contributed by atoms with E-state index in [0.717, 1.165) is 6.42 Å². The fourth-order valence-corrected chi connectivity index (χ4v) is 1.71. The van der Waals surface area contributed by atoms with Crippen molar-refractivity contribution in [2.75, 3.05) is 0 Å². The maximum atomic E-state index is 2.21. The third kappa shape index (κ3) is 3.13. The van der Waals surface area contributed by atoms with Crippen molar-refractivity contribution in [3.05, 3.63) is 36.0 Å². The smallest absolute Gasteiger partial charge is 0.0480 e. The van der Waals surface area contributed by atoms with Crippen molar-refractivity contribution in [1.29, 1.82) is 0 Å². The van der Waals surface area contributed by atoms with Crippen LogP contribution in [-0.4, -0.2) is 4.57 Å². The van der Waals surface area contributed by atoms with E-state index in [0.29, 0.717) is 0 Å². The third-order valence-electron chi connectivity index (χ3n) is 2.36. The predicted octanol–water partition coefficient (Wildman–Crippen LogP) is 4.79. The molecule has 0 unspecified atom stereocenters. The molecule has 16 heavy (non-hydrogen) atoms. The molecule has 0 aliphatic carbocycles. The lowest BCUT2D eigenvalue weighted by molar-refractivity contribution is 0.954. The van der Waals surface area contributed by atoms with E-state index in [-0.39, 0.29) is 0 Å². The molecule has 0 saturated heterocycles. The summed E-state index contributed by atoms with van der Waals surface area (Å²) >= 11 is 0. The van der Waals surface area contributed by atoms with Gasteiger partial charge in [-0.25, -0.2) is 0 Å². The predicted molar refractivity (Wildman–Crippen MR) is 75.0 cm³/mol. The number of rotatable bonds is 1. The molecule has 0 fully saturated rings. The Morgan fingerprint density at radius 3 is 2.12 bits per heavy atom. The molecule has 2 rings (SSSR count). The van der Waals surface area contributed by atoms with Crippen LogP contribution in [0.25, 0.3) is 10.9 Å². The second-order valence-corrected chi connectivity index (χ2v) is 3.14. The van der Waals surface area contributed by atoms with Crippen molar-refractivity contribution in [2.45, 2.75) is 41.0 Å². The van der Waals surface area contributed by atoms with Crippen molar-refractivity contribution >= 4 is 10.9 Å². The van der Waals surface area contributed by atoms with Crippen molar-refractivity contribution in [3.63, 3.8) is 0 Å². The highest BCUT2D eigenvalue weighted by Gasteiger charge is 2.01. The molecule has 0 bridgehead atoms. The minimum absolute atomic E-state index is 1.11. The number of hydrogen-bond acceptors (Lipinski definition) is 0. The normalized spacial score (nSPS) is 8.88. The Labute approximate surface area is 100 Å². The molecular formula is C15H25N. The van der Waals surface area contributed by atoms with E-state index in [1.165, 1.54) is 16.5 Å². The van der Waals surface area contributed by atoms with Crippen molar-refractivity contribution < 1.29 is 0 Å². The quantitative estimate of drug-likeness (QED) is 0.649. The standard InChI is InChI=1S/C11H13N.2C2H6/c1-3-9-8-12(2)11-7-5-4-6-10(9)11;2*1-2/h4-8H,3H2,1-2H3;2*1-2H3. The number of fused-ring (bicyclic) bond motifs is 1. The second kappa shape index (κ2) is 7.98. The van der Waals surface area contributed by atoms with Gasteiger partial charge in [-0.05, 0) is 18.1 Å². The molecule has 0 saturated carbocycles. The molecule has 2 aromatic rings. The maximum absolute atomic E-state index is 2.21. The number of nitrogens with zero attached hydrogens (tertiary/aromatic N) is 1. The van der Waals surface area contributed by atoms with E-state index in [9.17, 15) is 0 Å². The molecule has 0 spiro atoms. The number of aromatic nitrogens is 1. The lowest BCUT2D eigenvalue weighted by atomic mass is 10.1. The average Bonchev–Trinajstić information content (AvgIpc) is 2.72. The van der Waals surface area contributed by atoms with Gasteiger partial charge in [0.2, 0.25) is 0 Å². The Hall–Kier alpha value is -1.24. The molecule has 0 N–H and O–H groups in total. The zero-order valence-corrected chi connectivity index (χ0v) is 11.5. The van der Waals surface area contributed by atoms with Crippen LogP contribution in [-0.2, 0) is 13.5 Å². The molecule has 0 amide bonds. The molecule has 1 aromatic heterocycles. The third-order valence-corrected chi connectivity index (χ3v) is 2.36. The molecule has 1 aromatic carbocycles. The first-order valence-corrected chi connectivity index (χ1v) is 6.36. The van der Waals surface area contributed by atoms with Crippen LogP contribution in [0, 0.1) is 0 Å². The monoisotopic (exact) mass is 219 g/mol. The van der Waals surface area contributed by atoms with Crippen LogP contribution in [0.15, 0.2) is 30.5 Å². The lowest BCUT2D eigenvalue weighted by Crippen LogP contribution is -1.81. The van der Waals surface area contributed by atoms with Gasteiger partial charge < -0.3 is 4.57 Å². The number of para-hydroxylation sites is 1. The highest BCUT2D eigenvalue weighted by Crippen LogP contribution is 2.19. The van der Waals surface area contributed by atoms with E-state index < -0.39 is 0 Å². The minimum atomic E-state index is 1.11. The number of aryl methyl sites for hydroxylation is 2. The van der Waals surface area contributed by atoms with Gasteiger partial charge in [0.25, 0.3) is 0 Å². The topological polar surface area (TPSA) is 4.93 Å². The SMILES string of the molecule is CC.CC.CCc1cn(C)c2ccccc12. The van der Waals surface area contributed by atoms with Gasteiger partial charge in [0.15, 0.2) is 0 Å². The van der Waals surface area contributed by atoms with Crippen LogP contribution in [0.2, 0.25) is 0 Å². The summed E-state index contributed by atoms with van der Waals surface area (Å²) in [5.41, 5.74) is 2.77. The molecule has 1 heterocycles. The molecule has 0 radical (unpaired) electrons. The summed E-state index contributed by atoms with van der Waals surface area (Å²) in [5.74, 6) is 0. The molecule has 0 aliphatic heterocycles. The van der Waals surface area contributed by atoms with Gasteiger partial charge in [-0.2, -0.15) is 0 Å². The van der Waals surface area contributed by atoms with Crippen LogP contribution in [0.3, 0.4) is 0 Å². The van der Waals surface area contributed by atoms with Gasteiger partial charge in [0.05, 0.1) is 0 Å². The maximum Gasteiger partial charge on any atom is 0.0480 e. The summed E-state index contributed by atoms with van der Waals surface area (Å²) in [7, 11) is 2.10. The average molecular weight is 219 g/mol. The Morgan fingerprint density at radius 2 is 1.56 bits per heavy atom. The summed E-state index contributed by atoms with van der Waals surface area (Å²) in [4.78, 5) is 0.